The van der Waals surface area contributed by atoms with E-state index in [2.05, 4.69) is 20.6 Å². The highest BCUT2D eigenvalue weighted by Gasteiger charge is 2.09. The maximum absolute atomic E-state index is 10.2. The van der Waals surface area contributed by atoms with Gasteiger partial charge in [0, 0.05) is 18.1 Å². The number of hydrogen-bond acceptors (Lipinski definition) is 4. The van der Waals surface area contributed by atoms with E-state index in [1.165, 1.54) is 0 Å². The summed E-state index contributed by atoms with van der Waals surface area (Å²) in [6, 6.07) is 7.12. The number of nitrogens with one attached hydrogen (secondary N) is 2. The summed E-state index contributed by atoms with van der Waals surface area (Å²) in [4.78, 5) is 8.73. The molecule has 2 rings (SSSR count). The quantitative estimate of drug-likeness (QED) is 0.337. The Balaban J connectivity index is 0.00000312. The zero-order chi connectivity index (χ0) is 17.5. The standard InChI is InChI=1S/C17H23ClN4O2.HI/c1-4-19-17(21-10-16-22-11(2)12(3)24-16)20-9-15(23)13-5-7-14(18)8-6-13;/h5-8,15,23H,4,9-10H2,1-3H3,(H2,19,20,21);1H. The second-order valence-electron chi connectivity index (χ2n) is 5.39. The number of aryl methyl sites for hydroxylation is 2. The van der Waals surface area contributed by atoms with E-state index in [-0.39, 0.29) is 24.0 Å². The first kappa shape index (κ1) is 21.7. The van der Waals surface area contributed by atoms with Gasteiger partial charge >= 0.3 is 0 Å². The number of oxazole rings is 1. The van der Waals surface area contributed by atoms with Gasteiger partial charge in [-0.25, -0.2) is 9.98 Å². The van der Waals surface area contributed by atoms with E-state index in [0.717, 1.165) is 17.0 Å². The SMILES string of the molecule is CCNC(=NCc1nc(C)c(C)o1)NCC(O)c1ccc(Cl)cc1.I. The normalized spacial score (nSPS) is 12.4. The number of rotatable bonds is 6. The molecule has 0 aliphatic carbocycles. The summed E-state index contributed by atoms with van der Waals surface area (Å²) in [6.07, 6.45) is -0.655. The number of guanidine groups is 1. The Labute approximate surface area is 170 Å². The third-order valence-corrected chi connectivity index (χ3v) is 3.76. The lowest BCUT2D eigenvalue weighted by Gasteiger charge is -2.15. The van der Waals surface area contributed by atoms with Crippen LogP contribution in [0.1, 0.15) is 35.9 Å². The van der Waals surface area contributed by atoms with Crippen LogP contribution >= 0.6 is 35.6 Å². The number of hydrogen-bond donors (Lipinski definition) is 3. The maximum Gasteiger partial charge on any atom is 0.216 e. The molecular weight excluding hydrogens is 455 g/mol. The van der Waals surface area contributed by atoms with Crippen LogP contribution in [0.5, 0.6) is 0 Å². The molecule has 0 saturated heterocycles. The molecule has 138 valence electrons. The zero-order valence-corrected chi connectivity index (χ0v) is 17.6. The number of aromatic nitrogens is 1. The van der Waals surface area contributed by atoms with E-state index in [4.69, 9.17) is 16.0 Å². The molecule has 0 radical (unpaired) electrons. The second kappa shape index (κ2) is 10.6. The predicted molar refractivity (Wildman–Crippen MR) is 111 cm³/mol. The fourth-order valence-corrected chi connectivity index (χ4v) is 2.22. The maximum atomic E-state index is 10.2. The Kier molecular flexibility index (Phi) is 9.23. The summed E-state index contributed by atoms with van der Waals surface area (Å²) in [5, 5.41) is 17.1. The summed E-state index contributed by atoms with van der Waals surface area (Å²) in [5.74, 6) is 1.97. The van der Waals surface area contributed by atoms with Gasteiger partial charge in [0.05, 0.1) is 11.8 Å². The van der Waals surface area contributed by atoms with E-state index in [0.29, 0.717) is 36.5 Å². The zero-order valence-electron chi connectivity index (χ0n) is 14.5. The van der Waals surface area contributed by atoms with Crippen molar-refractivity contribution in [3.05, 3.63) is 52.2 Å². The molecule has 0 bridgehead atoms. The van der Waals surface area contributed by atoms with Gasteiger partial charge < -0.3 is 20.2 Å². The largest absolute Gasteiger partial charge is 0.444 e. The first-order valence-electron chi connectivity index (χ1n) is 7.88. The Morgan fingerprint density at radius 3 is 2.52 bits per heavy atom. The van der Waals surface area contributed by atoms with E-state index in [1.54, 1.807) is 24.3 Å². The van der Waals surface area contributed by atoms with Crippen LogP contribution in [0.25, 0.3) is 0 Å². The average Bonchev–Trinajstić information content (AvgIpc) is 2.88. The first-order chi connectivity index (χ1) is 11.5. The smallest absolute Gasteiger partial charge is 0.216 e. The topological polar surface area (TPSA) is 82.7 Å². The number of nitrogens with zero attached hydrogens (tertiary/aromatic N) is 2. The minimum atomic E-state index is -0.655. The van der Waals surface area contributed by atoms with E-state index in [9.17, 15) is 5.11 Å². The molecule has 3 N–H and O–H groups in total. The third kappa shape index (κ3) is 6.83. The van der Waals surface area contributed by atoms with E-state index in [1.807, 2.05) is 20.8 Å². The lowest BCUT2D eigenvalue weighted by Crippen LogP contribution is -2.39. The summed E-state index contributed by atoms with van der Waals surface area (Å²) >= 11 is 5.86. The van der Waals surface area contributed by atoms with Crippen molar-refractivity contribution >= 4 is 41.5 Å². The number of aliphatic hydroxyl groups is 1. The predicted octanol–water partition coefficient (Wildman–Crippen LogP) is 3.35. The third-order valence-electron chi connectivity index (χ3n) is 3.51. The summed E-state index contributed by atoms with van der Waals surface area (Å²) in [7, 11) is 0. The monoisotopic (exact) mass is 478 g/mol. The van der Waals surface area contributed by atoms with E-state index >= 15 is 0 Å². The molecule has 0 spiro atoms. The highest BCUT2D eigenvalue weighted by molar-refractivity contribution is 14.0. The molecule has 25 heavy (non-hydrogen) atoms. The van der Waals surface area contributed by atoms with Crippen LogP contribution in [0.2, 0.25) is 5.02 Å². The molecule has 0 amide bonds. The Morgan fingerprint density at radius 1 is 1.28 bits per heavy atom. The van der Waals surface area contributed by atoms with Crippen LogP contribution in [-0.2, 0) is 6.54 Å². The van der Waals surface area contributed by atoms with Gasteiger partial charge in [-0.1, -0.05) is 23.7 Å². The van der Waals surface area contributed by atoms with Gasteiger partial charge in [-0.15, -0.1) is 24.0 Å². The van der Waals surface area contributed by atoms with Crippen LogP contribution in [-0.4, -0.2) is 29.1 Å². The first-order valence-corrected chi connectivity index (χ1v) is 8.26. The Morgan fingerprint density at radius 2 is 1.96 bits per heavy atom. The van der Waals surface area contributed by atoms with Crippen LogP contribution < -0.4 is 10.6 Å². The average molecular weight is 479 g/mol. The van der Waals surface area contributed by atoms with Crippen molar-refractivity contribution in [3.8, 4) is 0 Å². The molecule has 6 nitrogen and oxygen atoms in total. The van der Waals surface area contributed by atoms with Gasteiger partial charge in [-0.2, -0.15) is 0 Å². The molecule has 0 aliphatic rings. The molecule has 1 unspecified atom stereocenters. The van der Waals surface area contributed by atoms with Gasteiger partial charge in [0.1, 0.15) is 12.3 Å². The fourth-order valence-electron chi connectivity index (χ4n) is 2.09. The molecule has 0 saturated carbocycles. The van der Waals surface area contributed by atoms with Crippen molar-refractivity contribution in [2.45, 2.75) is 33.4 Å². The van der Waals surface area contributed by atoms with Crippen LogP contribution in [0.3, 0.4) is 0 Å². The van der Waals surface area contributed by atoms with Crippen molar-refractivity contribution in [3.63, 3.8) is 0 Å². The van der Waals surface area contributed by atoms with Crippen LogP contribution in [0.4, 0.5) is 0 Å². The molecule has 2 aromatic rings. The lowest BCUT2D eigenvalue weighted by atomic mass is 10.1. The number of aliphatic imine (C=N–C) groups is 1. The highest BCUT2D eigenvalue weighted by atomic mass is 127. The number of benzene rings is 1. The number of halogens is 2. The van der Waals surface area contributed by atoms with E-state index < -0.39 is 6.10 Å². The Hall–Kier alpha value is -1.32. The van der Waals surface area contributed by atoms with Crippen molar-refractivity contribution < 1.29 is 9.52 Å². The van der Waals surface area contributed by atoms with Crippen molar-refractivity contribution in [1.82, 2.24) is 15.6 Å². The Bertz CT molecular complexity index is 669. The van der Waals surface area contributed by atoms with Gasteiger partial charge in [0.15, 0.2) is 5.96 Å². The van der Waals surface area contributed by atoms with Crippen molar-refractivity contribution in [1.29, 1.82) is 0 Å². The summed E-state index contributed by atoms with van der Waals surface area (Å²) in [5.41, 5.74) is 1.66. The molecule has 0 fully saturated rings. The lowest BCUT2D eigenvalue weighted by molar-refractivity contribution is 0.181. The van der Waals surface area contributed by atoms with Gasteiger partial charge in [-0.3, -0.25) is 0 Å². The summed E-state index contributed by atoms with van der Waals surface area (Å²) in [6.45, 7) is 7.14. The van der Waals surface area contributed by atoms with Crippen molar-refractivity contribution in [2.75, 3.05) is 13.1 Å². The molecule has 1 aromatic carbocycles. The molecule has 1 atom stereocenters. The van der Waals surface area contributed by atoms with Gasteiger partial charge in [0.25, 0.3) is 0 Å². The second-order valence-corrected chi connectivity index (χ2v) is 5.83. The van der Waals surface area contributed by atoms with Crippen LogP contribution in [0.15, 0.2) is 33.7 Å². The fraction of sp³-hybridized carbons (Fsp3) is 0.412. The highest BCUT2D eigenvalue weighted by Crippen LogP contribution is 2.15. The van der Waals surface area contributed by atoms with Crippen LogP contribution in [0, 0.1) is 13.8 Å². The molecule has 8 heteroatoms. The molecule has 1 heterocycles. The summed E-state index contributed by atoms with van der Waals surface area (Å²) < 4.78 is 5.51. The minimum absolute atomic E-state index is 0. The van der Waals surface area contributed by atoms with Crippen molar-refractivity contribution in [2.24, 2.45) is 4.99 Å². The molecular formula is C17H24ClIN4O2. The minimum Gasteiger partial charge on any atom is -0.444 e. The van der Waals surface area contributed by atoms with Gasteiger partial charge in [-0.05, 0) is 38.5 Å². The molecule has 1 aromatic heterocycles. The van der Waals surface area contributed by atoms with Gasteiger partial charge in [0.2, 0.25) is 5.89 Å². The number of aliphatic hydroxyl groups excluding tert-OH is 1. The molecule has 0 aliphatic heterocycles.